The van der Waals surface area contributed by atoms with Crippen LogP contribution in [0.4, 0.5) is 10.1 Å². The van der Waals surface area contributed by atoms with Crippen LogP contribution in [0.25, 0.3) is 11.1 Å². The third-order valence-corrected chi connectivity index (χ3v) is 5.34. The standard InChI is InChI=1S/C24H21FN2O5/c1-24(2)17(13-3-5-14(6-4-13)22(30)26-10-9-20(28)29)12-19(32-24)21-16-8-7-15(25)11-18(16)27-23(21)31/h3-8,11-12H,9-10H2,1-2H3,(H,26,30)(H,27,31)(H,28,29). The largest absolute Gasteiger partial charge is 0.482 e. The molecule has 2 aromatic rings. The first kappa shape index (κ1) is 21.3. The van der Waals surface area contributed by atoms with Gasteiger partial charge in [-0.3, -0.25) is 14.4 Å². The van der Waals surface area contributed by atoms with Gasteiger partial charge in [-0.25, -0.2) is 4.39 Å². The van der Waals surface area contributed by atoms with E-state index in [-0.39, 0.29) is 24.8 Å². The highest BCUT2D eigenvalue weighted by Crippen LogP contribution is 2.44. The smallest absolute Gasteiger partial charge is 0.305 e. The topological polar surface area (TPSA) is 105 Å². The second kappa shape index (κ2) is 7.96. The van der Waals surface area contributed by atoms with Gasteiger partial charge in [0.2, 0.25) is 0 Å². The van der Waals surface area contributed by atoms with Gasteiger partial charge in [-0.2, -0.15) is 0 Å². The molecule has 7 nitrogen and oxygen atoms in total. The van der Waals surface area contributed by atoms with Gasteiger partial charge in [-0.1, -0.05) is 12.1 Å². The van der Waals surface area contributed by atoms with E-state index in [1.54, 1.807) is 36.4 Å². The zero-order valence-corrected chi connectivity index (χ0v) is 17.5. The van der Waals surface area contributed by atoms with E-state index < -0.39 is 17.4 Å². The number of carboxylic acids is 1. The average Bonchev–Trinajstić information content (AvgIpc) is 3.21. The van der Waals surface area contributed by atoms with Crippen molar-refractivity contribution in [2.24, 2.45) is 0 Å². The number of anilines is 1. The lowest BCUT2D eigenvalue weighted by Gasteiger charge is -2.23. The minimum atomic E-state index is -0.982. The van der Waals surface area contributed by atoms with Crippen molar-refractivity contribution in [3.05, 3.63) is 76.8 Å². The summed E-state index contributed by atoms with van der Waals surface area (Å²) in [5, 5.41) is 13.9. The van der Waals surface area contributed by atoms with Crippen LogP contribution in [0.2, 0.25) is 0 Å². The first-order chi connectivity index (χ1) is 15.2. The number of nitrogens with one attached hydrogen (secondary N) is 2. The molecule has 0 aliphatic carbocycles. The lowest BCUT2D eigenvalue weighted by molar-refractivity contribution is -0.136. The van der Waals surface area contributed by atoms with Crippen LogP contribution < -0.4 is 10.6 Å². The Morgan fingerprint density at radius 3 is 2.56 bits per heavy atom. The summed E-state index contributed by atoms with van der Waals surface area (Å²) in [6.07, 6.45) is 1.64. The zero-order valence-electron chi connectivity index (χ0n) is 17.5. The van der Waals surface area contributed by atoms with Crippen molar-refractivity contribution >= 4 is 34.6 Å². The van der Waals surface area contributed by atoms with Crippen LogP contribution in [0, 0.1) is 5.82 Å². The molecule has 2 aliphatic heterocycles. The summed E-state index contributed by atoms with van der Waals surface area (Å²) in [7, 11) is 0. The van der Waals surface area contributed by atoms with Crippen LogP contribution in [-0.2, 0) is 14.3 Å². The SMILES string of the molecule is CC1(C)OC(=C2C(=O)Nc3cc(F)ccc32)C=C1c1ccc(C(=O)NCCC(=O)O)cc1. The molecule has 0 bridgehead atoms. The predicted octanol–water partition coefficient (Wildman–Crippen LogP) is 3.59. The van der Waals surface area contributed by atoms with E-state index >= 15 is 0 Å². The Bertz CT molecular complexity index is 1200. The maximum atomic E-state index is 13.5. The minimum absolute atomic E-state index is 0.0479. The van der Waals surface area contributed by atoms with E-state index in [9.17, 15) is 18.8 Å². The number of benzene rings is 2. The fourth-order valence-electron chi connectivity index (χ4n) is 3.79. The van der Waals surface area contributed by atoms with Gasteiger partial charge in [-0.05, 0) is 55.8 Å². The van der Waals surface area contributed by atoms with Gasteiger partial charge < -0.3 is 20.5 Å². The van der Waals surface area contributed by atoms with Crippen LogP contribution in [0.15, 0.2) is 54.3 Å². The molecule has 0 saturated heterocycles. The van der Waals surface area contributed by atoms with Gasteiger partial charge in [0.05, 0.1) is 17.7 Å². The van der Waals surface area contributed by atoms with Crippen molar-refractivity contribution in [1.82, 2.24) is 5.32 Å². The van der Waals surface area contributed by atoms with Crippen molar-refractivity contribution in [2.75, 3.05) is 11.9 Å². The monoisotopic (exact) mass is 436 g/mol. The zero-order chi connectivity index (χ0) is 23.0. The van der Waals surface area contributed by atoms with E-state index in [0.717, 1.165) is 11.1 Å². The lowest BCUT2D eigenvalue weighted by Crippen LogP contribution is -2.26. The van der Waals surface area contributed by atoms with Crippen molar-refractivity contribution in [3.63, 3.8) is 0 Å². The molecule has 8 heteroatoms. The minimum Gasteiger partial charge on any atom is -0.482 e. The fraction of sp³-hybridized carbons (Fsp3) is 0.208. The normalized spacial score (nSPS) is 18.5. The van der Waals surface area contributed by atoms with E-state index in [1.807, 2.05) is 13.8 Å². The number of hydrogen-bond donors (Lipinski definition) is 3. The third-order valence-electron chi connectivity index (χ3n) is 5.34. The number of allylic oxidation sites excluding steroid dienone is 1. The summed E-state index contributed by atoms with van der Waals surface area (Å²) >= 11 is 0. The third kappa shape index (κ3) is 3.99. The molecule has 0 atom stereocenters. The van der Waals surface area contributed by atoms with Crippen molar-refractivity contribution in [3.8, 4) is 0 Å². The van der Waals surface area contributed by atoms with Crippen molar-refractivity contribution in [1.29, 1.82) is 0 Å². The molecule has 32 heavy (non-hydrogen) atoms. The summed E-state index contributed by atoms with van der Waals surface area (Å²) in [6, 6.07) is 11.0. The average molecular weight is 436 g/mol. The van der Waals surface area contributed by atoms with Gasteiger partial charge in [0.1, 0.15) is 17.2 Å². The van der Waals surface area contributed by atoms with E-state index in [1.165, 1.54) is 12.1 Å². The van der Waals surface area contributed by atoms with Crippen LogP contribution >= 0.6 is 0 Å². The molecule has 2 aliphatic rings. The Morgan fingerprint density at radius 1 is 1.16 bits per heavy atom. The second-order valence-corrected chi connectivity index (χ2v) is 8.03. The van der Waals surface area contributed by atoms with Crippen molar-refractivity contribution < 1.29 is 28.6 Å². The van der Waals surface area contributed by atoms with Gasteiger partial charge >= 0.3 is 5.97 Å². The maximum Gasteiger partial charge on any atom is 0.305 e. The number of fused-ring (bicyclic) bond motifs is 1. The Labute approximate surface area is 183 Å². The molecule has 3 N–H and O–H groups in total. The number of rotatable bonds is 5. The highest BCUT2D eigenvalue weighted by Gasteiger charge is 2.38. The molecule has 2 amide bonds. The van der Waals surface area contributed by atoms with Gasteiger partial charge in [-0.15, -0.1) is 0 Å². The number of ether oxygens (including phenoxy) is 1. The van der Waals surface area contributed by atoms with Gasteiger partial charge in [0.25, 0.3) is 11.8 Å². The molecule has 0 spiro atoms. The number of carbonyl (C=O) groups excluding carboxylic acids is 2. The highest BCUT2D eigenvalue weighted by molar-refractivity contribution is 6.32. The number of amides is 2. The second-order valence-electron chi connectivity index (χ2n) is 8.03. The Morgan fingerprint density at radius 2 is 1.88 bits per heavy atom. The summed E-state index contributed by atoms with van der Waals surface area (Å²) < 4.78 is 19.6. The molecule has 0 saturated carbocycles. The highest BCUT2D eigenvalue weighted by atomic mass is 19.1. The first-order valence-corrected chi connectivity index (χ1v) is 10.0. The Hall–Kier alpha value is -3.94. The van der Waals surface area contributed by atoms with Gasteiger partial charge in [0.15, 0.2) is 0 Å². The predicted molar refractivity (Wildman–Crippen MR) is 116 cm³/mol. The van der Waals surface area contributed by atoms with Crippen LogP contribution in [-0.4, -0.2) is 35.0 Å². The van der Waals surface area contributed by atoms with Crippen LogP contribution in [0.3, 0.4) is 0 Å². The van der Waals surface area contributed by atoms with Gasteiger partial charge in [0, 0.05) is 23.2 Å². The number of hydrogen-bond acceptors (Lipinski definition) is 4. The molecule has 2 aromatic carbocycles. The summed E-state index contributed by atoms with van der Waals surface area (Å²) in [5.74, 6) is -1.75. The molecular formula is C24H21FN2O5. The molecule has 0 radical (unpaired) electrons. The van der Waals surface area contributed by atoms with Crippen molar-refractivity contribution in [2.45, 2.75) is 25.9 Å². The lowest BCUT2D eigenvalue weighted by atomic mass is 9.91. The molecule has 164 valence electrons. The number of aliphatic carboxylic acids is 1. The summed E-state index contributed by atoms with van der Waals surface area (Å²) in [5.41, 5.74) is 2.62. The number of halogens is 1. The summed E-state index contributed by atoms with van der Waals surface area (Å²) in [6.45, 7) is 3.79. The number of carbonyl (C=O) groups is 3. The molecule has 2 heterocycles. The molecule has 0 fully saturated rings. The van der Waals surface area contributed by atoms with E-state index in [0.29, 0.717) is 28.1 Å². The Kier molecular flexibility index (Phi) is 5.30. The van der Waals surface area contributed by atoms with Crippen LogP contribution in [0.5, 0.6) is 0 Å². The molecule has 4 rings (SSSR count). The Balaban J connectivity index is 1.62. The maximum absolute atomic E-state index is 13.5. The molecular weight excluding hydrogens is 415 g/mol. The van der Waals surface area contributed by atoms with E-state index in [4.69, 9.17) is 9.84 Å². The fourth-order valence-corrected chi connectivity index (χ4v) is 3.79. The van der Waals surface area contributed by atoms with E-state index in [2.05, 4.69) is 10.6 Å². The quantitative estimate of drug-likeness (QED) is 0.622. The molecule has 0 unspecified atom stereocenters. The molecule has 0 aromatic heterocycles. The van der Waals surface area contributed by atoms with Crippen LogP contribution in [0.1, 0.15) is 41.8 Å². The number of carboxylic acid groups (broad SMARTS) is 1. The summed E-state index contributed by atoms with van der Waals surface area (Å²) in [4.78, 5) is 35.3. The first-order valence-electron chi connectivity index (χ1n) is 10.0.